The van der Waals surface area contributed by atoms with Gasteiger partial charge in [0.1, 0.15) is 17.9 Å². The fraction of sp³-hybridized carbons (Fsp3) is 0.375. The molecule has 0 aliphatic heterocycles. The molecule has 1 amide bonds. The average molecular weight is 406 g/mol. The highest BCUT2D eigenvalue weighted by atomic mass is 16.5. The molecule has 2 aromatic rings. The van der Waals surface area contributed by atoms with Gasteiger partial charge in [0.2, 0.25) is 0 Å². The van der Waals surface area contributed by atoms with E-state index in [2.05, 4.69) is 11.4 Å². The molecule has 1 aliphatic carbocycles. The number of amides is 1. The van der Waals surface area contributed by atoms with Crippen molar-refractivity contribution in [1.29, 1.82) is 5.26 Å². The summed E-state index contributed by atoms with van der Waals surface area (Å²) in [5.74, 6) is -0.355. The van der Waals surface area contributed by atoms with E-state index in [0.717, 1.165) is 19.3 Å². The summed E-state index contributed by atoms with van der Waals surface area (Å²) in [6.45, 7) is 1.72. The predicted molar refractivity (Wildman–Crippen MR) is 112 cm³/mol. The molecule has 0 saturated heterocycles. The minimum absolute atomic E-state index is 0.202. The van der Waals surface area contributed by atoms with Gasteiger partial charge >= 0.3 is 5.97 Å². The zero-order chi connectivity index (χ0) is 21.4. The van der Waals surface area contributed by atoms with Gasteiger partial charge in [-0.25, -0.2) is 4.79 Å². The third-order valence-electron chi connectivity index (χ3n) is 5.31. The maximum Gasteiger partial charge on any atom is 0.339 e. The van der Waals surface area contributed by atoms with Crippen LogP contribution in [0, 0.1) is 11.3 Å². The van der Waals surface area contributed by atoms with E-state index in [0.29, 0.717) is 29.7 Å². The minimum atomic E-state index is -1.01. The Labute approximate surface area is 176 Å². The van der Waals surface area contributed by atoms with E-state index in [1.165, 1.54) is 6.92 Å². The summed E-state index contributed by atoms with van der Waals surface area (Å²) in [7, 11) is 0. The Bertz CT molecular complexity index is 914. The van der Waals surface area contributed by atoms with Gasteiger partial charge in [-0.2, -0.15) is 5.26 Å². The first kappa shape index (κ1) is 21.4. The van der Waals surface area contributed by atoms with Crippen molar-refractivity contribution in [3.05, 3.63) is 65.7 Å². The van der Waals surface area contributed by atoms with E-state index in [1.807, 2.05) is 36.4 Å². The molecule has 1 atom stereocenters. The molecule has 0 unspecified atom stereocenters. The highest BCUT2D eigenvalue weighted by Crippen LogP contribution is 2.27. The second-order valence-corrected chi connectivity index (χ2v) is 7.55. The second-order valence-electron chi connectivity index (χ2n) is 7.55. The van der Waals surface area contributed by atoms with Crippen molar-refractivity contribution in [3.63, 3.8) is 0 Å². The van der Waals surface area contributed by atoms with E-state index < -0.39 is 23.5 Å². The van der Waals surface area contributed by atoms with Gasteiger partial charge in [0.25, 0.3) is 5.91 Å². The van der Waals surface area contributed by atoms with Gasteiger partial charge in [-0.05, 0) is 38.0 Å². The Hall–Kier alpha value is -3.33. The lowest BCUT2D eigenvalue weighted by molar-refractivity contribution is -0.130. The summed E-state index contributed by atoms with van der Waals surface area (Å²) in [4.78, 5) is 25.3. The molecular formula is C24H26N2O4. The summed E-state index contributed by atoms with van der Waals surface area (Å²) in [5.41, 5.74) is 0.151. The lowest BCUT2D eigenvalue weighted by atomic mass is 9.83. The lowest BCUT2D eigenvalue weighted by Gasteiger charge is -2.32. The molecule has 1 saturated carbocycles. The van der Waals surface area contributed by atoms with Crippen molar-refractivity contribution in [2.24, 2.45) is 0 Å². The number of ether oxygens (including phenoxy) is 2. The molecule has 156 valence electrons. The molecule has 6 nitrogen and oxygen atoms in total. The van der Waals surface area contributed by atoms with Crippen molar-refractivity contribution in [2.75, 3.05) is 0 Å². The molecule has 0 heterocycles. The Morgan fingerprint density at radius 2 is 1.73 bits per heavy atom. The van der Waals surface area contributed by atoms with Gasteiger partial charge in [0.05, 0.1) is 11.6 Å². The van der Waals surface area contributed by atoms with Crippen LogP contribution in [0.5, 0.6) is 5.75 Å². The first-order chi connectivity index (χ1) is 14.5. The zero-order valence-electron chi connectivity index (χ0n) is 17.1. The number of hydrogen-bond acceptors (Lipinski definition) is 5. The molecule has 0 bridgehead atoms. The number of nitrogens with one attached hydrogen (secondary N) is 1. The van der Waals surface area contributed by atoms with Gasteiger partial charge < -0.3 is 14.8 Å². The summed E-state index contributed by atoms with van der Waals surface area (Å²) < 4.78 is 11.1. The van der Waals surface area contributed by atoms with E-state index in [4.69, 9.17) is 9.47 Å². The monoisotopic (exact) mass is 406 g/mol. The topological polar surface area (TPSA) is 88.4 Å². The van der Waals surface area contributed by atoms with Crippen LogP contribution in [0.2, 0.25) is 0 Å². The van der Waals surface area contributed by atoms with Crippen molar-refractivity contribution in [3.8, 4) is 11.8 Å². The van der Waals surface area contributed by atoms with Gasteiger partial charge in [-0.15, -0.1) is 0 Å². The molecule has 6 heteroatoms. The largest absolute Gasteiger partial charge is 0.489 e. The van der Waals surface area contributed by atoms with Crippen LogP contribution in [0.4, 0.5) is 0 Å². The number of carbonyl (C=O) groups excluding carboxylic acids is 2. The van der Waals surface area contributed by atoms with E-state index in [1.54, 1.807) is 18.2 Å². The number of rotatable bonds is 7. The molecule has 1 aliphatic rings. The Morgan fingerprint density at radius 1 is 1.07 bits per heavy atom. The smallest absolute Gasteiger partial charge is 0.339 e. The van der Waals surface area contributed by atoms with Gasteiger partial charge in [0, 0.05) is 5.56 Å². The zero-order valence-corrected chi connectivity index (χ0v) is 17.1. The van der Waals surface area contributed by atoms with Crippen LogP contribution in [-0.4, -0.2) is 23.5 Å². The molecule has 1 fully saturated rings. The van der Waals surface area contributed by atoms with E-state index in [-0.39, 0.29) is 6.61 Å². The van der Waals surface area contributed by atoms with Crippen LogP contribution in [-0.2, 0) is 16.1 Å². The number of benzene rings is 2. The Morgan fingerprint density at radius 3 is 2.43 bits per heavy atom. The van der Waals surface area contributed by atoms with Gasteiger partial charge in [-0.1, -0.05) is 55.7 Å². The third kappa shape index (κ3) is 5.38. The number of para-hydroxylation sites is 1. The van der Waals surface area contributed by atoms with Crippen molar-refractivity contribution >= 4 is 11.9 Å². The number of nitriles is 1. The predicted octanol–water partition coefficient (Wildman–Crippen LogP) is 4.15. The molecule has 2 aromatic carbocycles. The molecule has 0 spiro atoms. The van der Waals surface area contributed by atoms with E-state index in [9.17, 15) is 14.9 Å². The first-order valence-corrected chi connectivity index (χ1v) is 10.2. The molecule has 30 heavy (non-hydrogen) atoms. The van der Waals surface area contributed by atoms with Crippen molar-refractivity contribution < 1.29 is 19.1 Å². The number of hydrogen-bond donors (Lipinski definition) is 1. The highest BCUT2D eigenvalue weighted by Gasteiger charge is 2.35. The van der Waals surface area contributed by atoms with Crippen LogP contribution < -0.4 is 10.1 Å². The molecule has 3 rings (SSSR count). The molecule has 0 radical (unpaired) electrons. The van der Waals surface area contributed by atoms with Crippen molar-refractivity contribution in [1.82, 2.24) is 5.32 Å². The highest BCUT2D eigenvalue weighted by molar-refractivity contribution is 5.93. The fourth-order valence-corrected chi connectivity index (χ4v) is 3.56. The average Bonchev–Trinajstić information content (AvgIpc) is 2.79. The second kappa shape index (κ2) is 9.93. The maximum atomic E-state index is 12.7. The van der Waals surface area contributed by atoms with Crippen LogP contribution >= 0.6 is 0 Å². The number of carbonyl (C=O) groups is 2. The first-order valence-electron chi connectivity index (χ1n) is 10.2. The SMILES string of the molecule is C[C@H](OC(=O)c1ccccc1COc1ccccc1)C(=O)NC1(C#N)CCCCC1. The third-order valence-corrected chi connectivity index (χ3v) is 5.31. The molecule has 1 N–H and O–H groups in total. The summed E-state index contributed by atoms with van der Waals surface area (Å²) in [6, 6.07) is 18.5. The summed E-state index contributed by atoms with van der Waals surface area (Å²) in [5, 5.41) is 12.3. The molecular weight excluding hydrogens is 380 g/mol. The number of nitrogens with zero attached hydrogens (tertiary/aromatic N) is 1. The summed E-state index contributed by atoms with van der Waals surface area (Å²) >= 11 is 0. The van der Waals surface area contributed by atoms with E-state index >= 15 is 0 Å². The minimum Gasteiger partial charge on any atom is -0.489 e. The maximum absolute atomic E-state index is 12.7. The fourth-order valence-electron chi connectivity index (χ4n) is 3.56. The van der Waals surface area contributed by atoms with Crippen LogP contribution in [0.3, 0.4) is 0 Å². The summed E-state index contributed by atoms with van der Waals surface area (Å²) in [6.07, 6.45) is 3.09. The quantitative estimate of drug-likeness (QED) is 0.698. The van der Waals surface area contributed by atoms with Crippen LogP contribution in [0.1, 0.15) is 54.9 Å². The Kier molecular flexibility index (Phi) is 7.08. The normalized spacial score (nSPS) is 16.0. The number of esters is 1. The van der Waals surface area contributed by atoms with Crippen LogP contribution in [0.25, 0.3) is 0 Å². The Balaban J connectivity index is 1.62. The van der Waals surface area contributed by atoms with Crippen molar-refractivity contribution in [2.45, 2.75) is 57.3 Å². The van der Waals surface area contributed by atoms with Crippen LogP contribution in [0.15, 0.2) is 54.6 Å². The molecule has 0 aromatic heterocycles. The standard InChI is InChI=1S/C24H26N2O4/c1-18(22(27)26-24(17-25)14-8-3-9-15-24)30-23(28)21-13-7-6-10-19(21)16-29-20-11-4-2-5-12-20/h2,4-7,10-13,18H,3,8-9,14-16H2,1H3,(H,26,27)/t18-/m0/s1. The lowest BCUT2D eigenvalue weighted by Crippen LogP contribution is -2.52. The van der Waals surface area contributed by atoms with Gasteiger partial charge in [-0.3, -0.25) is 4.79 Å². The van der Waals surface area contributed by atoms with Gasteiger partial charge in [0.15, 0.2) is 6.10 Å².